The molecule has 15 nitrogen and oxygen atoms in total. The Hall–Kier alpha value is -6.48. The number of hydrogen-bond donors (Lipinski definition) is 3. The highest BCUT2D eigenvalue weighted by Gasteiger charge is 2.34. The number of nitrogens with one attached hydrogen (secondary N) is 3. The lowest BCUT2D eigenvalue weighted by Crippen LogP contribution is -2.43. The van der Waals surface area contributed by atoms with Crippen molar-refractivity contribution < 1.29 is 56.5 Å². The van der Waals surface area contributed by atoms with Gasteiger partial charge in [0.25, 0.3) is 0 Å². The summed E-state index contributed by atoms with van der Waals surface area (Å²) in [7, 11) is -2.81. The molecule has 5 rings (SSSR count). The van der Waals surface area contributed by atoms with E-state index in [1.54, 1.807) is 79.8 Å². The van der Waals surface area contributed by atoms with Crippen molar-refractivity contribution in [2.45, 2.75) is 89.7 Å². The Kier molecular flexibility index (Phi) is 21.9. The second-order valence-electron chi connectivity index (χ2n) is 15.4. The van der Waals surface area contributed by atoms with Gasteiger partial charge in [0.15, 0.2) is 0 Å². The Labute approximate surface area is 391 Å². The minimum absolute atomic E-state index is 0.0115. The normalized spacial score (nSPS) is 13.2. The van der Waals surface area contributed by atoms with E-state index < -0.39 is 55.7 Å². The van der Waals surface area contributed by atoms with E-state index in [9.17, 15) is 28.5 Å². The first-order valence-corrected chi connectivity index (χ1v) is 23.6. The van der Waals surface area contributed by atoms with Crippen LogP contribution in [0.15, 0.2) is 152 Å². The molecule has 1 amide bonds. The van der Waals surface area contributed by atoms with Gasteiger partial charge in [-0.15, -0.1) is 0 Å². The summed E-state index contributed by atoms with van der Waals surface area (Å²) < 4.78 is 48.5. The van der Waals surface area contributed by atoms with Crippen LogP contribution >= 0.6 is 7.75 Å². The average Bonchev–Trinajstić information content (AvgIpc) is 3.37. The minimum Gasteiger partial charge on any atom is -0.461 e. The summed E-state index contributed by atoms with van der Waals surface area (Å²) in [6.07, 6.45) is -0.408. The molecule has 354 valence electrons. The Morgan fingerprint density at radius 3 is 1.30 bits per heavy atom. The largest absolute Gasteiger partial charge is 0.461 e. The van der Waals surface area contributed by atoms with E-state index in [2.05, 4.69) is 15.7 Å². The maximum Gasteiger partial charge on any atom is 0.406 e. The summed E-state index contributed by atoms with van der Waals surface area (Å²) in [6, 6.07) is 42.0. The van der Waals surface area contributed by atoms with Crippen LogP contribution in [0.3, 0.4) is 0 Å². The summed E-state index contributed by atoms with van der Waals surface area (Å²) in [5, 5.41) is 8.34. The second kappa shape index (κ2) is 28.5. The summed E-state index contributed by atoms with van der Waals surface area (Å²) in [6.45, 7) is -0.478. The molecule has 0 aliphatic rings. The van der Waals surface area contributed by atoms with Crippen LogP contribution in [0.2, 0.25) is 0 Å². The van der Waals surface area contributed by atoms with Crippen LogP contribution in [-0.4, -0.2) is 61.6 Å². The molecule has 3 N–H and O–H groups in total. The van der Waals surface area contributed by atoms with Gasteiger partial charge in [0.05, 0.1) is 13.2 Å². The lowest BCUT2D eigenvalue weighted by atomic mass is 10.1. The third kappa shape index (κ3) is 19.5. The molecular weight excluding hydrogens is 878 g/mol. The molecule has 16 heteroatoms. The van der Waals surface area contributed by atoms with Gasteiger partial charge in [-0.1, -0.05) is 152 Å². The van der Waals surface area contributed by atoms with Gasteiger partial charge in [0.1, 0.15) is 44.6 Å². The van der Waals surface area contributed by atoms with E-state index in [1.165, 1.54) is 0 Å². The number of carbonyl (C=O) groups excluding carboxylic acids is 5. The highest BCUT2D eigenvalue weighted by atomic mass is 31.2. The Morgan fingerprint density at radius 2 is 0.851 bits per heavy atom. The summed E-state index contributed by atoms with van der Waals surface area (Å²) >= 11 is 0. The number of ether oxygens (including phenoxy) is 4. The van der Waals surface area contributed by atoms with E-state index in [4.69, 9.17) is 28.0 Å². The summed E-state index contributed by atoms with van der Waals surface area (Å²) in [5.74, 6) is -3.16. The lowest BCUT2D eigenvalue weighted by molar-refractivity contribution is -0.150. The van der Waals surface area contributed by atoms with Crippen LogP contribution in [-0.2, 0) is 89.6 Å². The van der Waals surface area contributed by atoms with Gasteiger partial charge in [0, 0.05) is 12.8 Å². The van der Waals surface area contributed by atoms with Gasteiger partial charge in [-0.05, 0) is 60.5 Å². The number of carbonyl (C=O) groups is 5. The Morgan fingerprint density at radius 1 is 0.463 bits per heavy atom. The molecule has 5 aromatic rings. The van der Waals surface area contributed by atoms with Gasteiger partial charge in [-0.3, -0.25) is 28.2 Å². The van der Waals surface area contributed by atoms with Gasteiger partial charge < -0.3 is 29.6 Å². The zero-order valence-corrected chi connectivity index (χ0v) is 38.4. The number of hydrogen-bond acceptors (Lipinski definition) is 13. The first-order valence-electron chi connectivity index (χ1n) is 22.1. The molecule has 0 aliphatic heterocycles. The molecule has 0 saturated carbocycles. The van der Waals surface area contributed by atoms with Crippen molar-refractivity contribution >= 4 is 37.5 Å². The fourth-order valence-electron chi connectivity index (χ4n) is 6.47. The molecular formula is C51H58N3O12P. The maximum atomic E-state index is 14.6. The van der Waals surface area contributed by atoms with E-state index in [0.29, 0.717) is 11.1 Å². The van der Waals surface area contributed by atoms with E-state index in [-0.39, 0.29) is 78.2 Å². The number of esters is 4. The average molecular weight is 936 g/mol. The third-order valence-corrected chi connectivity index (χ3v) is 11.8. The Balaban J connectivity index is 1.24. The van der Waals surface area contributed by atoms with Gasteiger partial charge >= 0.3 is 31.6 Å². The molecule has 4 atom stereocenters. The Bertz CT molecular complexity index is 2310. The zero-order valence-electron chi connectivity index (χ0n) is 37.5. The monoisotopic (exact) mass is 935 g/mol. The summed E-state index contributed by atoms with van der Waals surface area (Å²) in [5.41, 5.74) is 3.71. The highest BCUT2D eigenvalue weighted by molar-refractivity contribution is 7.51. The molecule has 0 spiro atoms. The van der Waals surface area contributed by atoms with Gasteiger partial charge in [-0.2, -0.15) is 0 Å². The standard InChI is InChI=1S/C51H58N3O12P/c1-52-44(49(57)62-35-40-20-9-3-10-21-40)29-31-47(55)53-45(50(58)63-36-41-22-11-4-12-23-41)28-17-33-65-67(60,66-38-43-26-15-6-16-27-43)54-46(51(59)64-37-42-24-13-5-14-25-42)30-32-48(56)61-34-39-18-7-2-8-19-39/h2-16,18-27,44-46,52H,17,28-38H2,1H3,(H,53,55)(H,54,60)/t44?,45-,46?,67-/m1/s1. The fraction of sp³-hybridized carbons (Fsp3) is 0.314. The first-order chi connectivity index (χ1) is 32.6. The fourth-order valence-corrected chi connectivity index (χ4v) is 8.00. The molecule has 2 unspecified atom stereocenters. The zero-order chi connectivity index (χ0) is 47.5. The van der Waals surface area contributed by atoms with Crippen LogP contribution in [0.25, 0.3) is 0 Å². The molecule has 0 heterocycles. The topological polar surface area (TPSA) is 194 Å². The van der Waals surface area contributed by atoms with Crippen molar-refractivity contribution in [3.8, 4) is 0 Å². The third-order valence-electron chi connectivity index (χ3n) is 10.2. The molecule has 0 bridgehead atoms. The number of benzene rings is 5. The van der Waals surface area contributed by atoms with Crippen molar-refractivity contribution in [3.05, 3.63) is 179 Å². The van der Waals surface area contributed by atoms with E-state index in [0.717, 1.165) is 16.7 Å². The molecule has 67 heavy (non-hydrogen) atoms. The quantitative estimate of drug-likeness (QED) is 0.0183. The number of amides is 1. The van der Waals surface area contributed by atoms with Crippen LogP contribution < -0.4 is 15.7 Å². The van der Waals surface area contributed by atoms with Crippen LogP contribution in [0.4, 0.5) is 0 Å². The van der Waals surface area contributed by atoms with Crippen LogP contribution in [0, 0.1) is 0 Å². The van der Waals surface area contributed by atoms with Gasteiger partial charge in [0.2, 0.25) is 5.91 Å². The van der Waals surface area contributed by atoms with Crippen molar-refractivity contribution in [3.63, 3.8) is 0 Å². The minimum atomic E-state index is -4.40. The van der Waals surface area contributed by atoms with Crippen LogP contribution in [0.5, 0.6) is 0 Å². The second-order valence-corrected chi connectivity index (χ2v) is 17.1. The molecule has 0 fully saturated rings. The highest BCUT2D eigenvalue weighted by Crippen LogP contribution is 2.46. The maximum absolute atomic E-state index is 14.6. The lowest BCUT2D eigenvalue weighted by Gasteiger charge is -2.25. The SMILES string of the molecule is CNC(CCC(=O)N[C@H](CCCO[P@](=O)(NC(CCC(=O)OCc1ccccc1)C(=O)OCc1ccccc1)OCc1ccccc1)C(=O)OCc1ccccc1)C(=O)OCc1ccccc1. The van der Waals surface area contributed by atoms with Crippen molar-refractivity contribution in [1.29, 1.82) is 0 Å². The van der Waals surface area contributed by atoms with E-state index in [1.807, 2.05) is 78.9 Å². The predicted octanol–water partition coefficient (Wildman–Crippen LogP) is 7.67. The first kappa shape index (κ1) is 51.5. The molecule has 0 saturated heterocycles. The van der Waals surface area contributed by atoms with Crippen molar-refractivity contribution in [2.24, 2.45) is 0 Å². The smallest absolute Gasteiger partial charge is 0.406 e. The van der Waals surface area contributed by atoms with E-state index >= 15 is 0 Å². The van der Waals surface area contributed by atoms with Crippen LogP contribution in [0.1, 0.15) is 66.3 Å². The predicted molar refractivity (Wildman–Crippen MR) is 249 cm³/mol. The molecule has 0 aliphatic carbocycles. The molecule has 5 aromatic carbocycles. The van der Waals surface area contributed by atoms with Gasteiger partial charge in [-0.25, -0.2) is 14.4 Å². The number of likely N-dealkylation sites (N-methyl/N-ethyl adjacent to an activating group) is 1. The molecule has 0 aromatic heterocycles. The summed E-state index contributed by atoms with van der Waals surface area (Å²) in [4.78, 5) is 66.3. The molecule has 0 radical (unpaired) electrons. The van der Waals surface area contributed by atoms with Crippen molar-refractivity contribution in [2.75, 3.05) is 13.7 Å². The number of rotatable bonds is 29. The van der Waals surface area contributed by atoms with Crippen molar-refractivity contribution in [1.82, 2.24) is 15.7 Å².